The van der Waals surface area contributed by atoms with Crippen molar-refractivity contribution in [1.29, 1.82) is 0 Å². The van der Waals surface area contributed by atoms with Crippen molar-refractivity contribution in [3.8, 4) is 0 Å². The number of allylic oxidation sites excluding steroid dienone is 6. The highest BCUT2D eigenvalue weighted by Crippen LogP contribution is 1.96. The van der Waals surface area contributed by atoms with Crippen molar-refractivity contribution in [3.63, 3.8) is 0 Å². The van der Waals surface area contributed by atoms with Gasteiger partial charge in [0.05, 0.1) is 0 Å². The minimum Gasteiger partial charge on any atom is -0.300 e. The minimum absolute atomic E-state index is 0.264. The number of hydrogen-bond acceptors (Lipinski definition) is 1. The Hall–Kier alpha value is -1.11. The fourth-order valence-electron chi connectivity index (χ4n) is 1.11. The third kappa shape index (κ3) is 12.9. The first-order valence-corrected chi connectivity index (χ1v) is 5.71. The van der Waals surface area contributed by atoms with E-state index in [0.29, 0.717) is 6.42 Å². The van der Waals surface area contributed by atoms with Crippen molar-refractivity contribution in [2.45, 2.75) is 46.0 Å². The fourth-order valence-corrected chi connectivity index (χ4v) is 1.11. The quantitative estimate of drug-likeness (QED) is 0.543. The van der Waals surface area contributed by atoms with Gasteiger partial charge >= 0.3 is 0 Å². The summed E-state index contributed by atoms with van der Waals surface area (Å²) in [6, 6.07) is 0. The standard InChI is InChI=1S/C14H22O/c1-3-4-5-6-7-8-9-10-11-12-13-14(2)15/h4-5,7-8,10-11H,3,6,9,12-13H2,1-2H3/b5-4-,8-7+,11-10+. The molecule has 0 saturated carbocycles. The Balaban J connectivity index is 3.36. The highest BCUT2D eigenvalue weighted by Gasteiger charge is 1.87. The molecular formula is C14H22O. The summed E-state index contributed by atoms with van der Waals surface area (Å²) in [7, 11) is 0. The van der Waals surface area contributed by atoms with Crippen LogP contribution in [0.25, 0.3) is 0 Å². The second-order valence-electron chi connectivity index (χ2n) is 3.53. The molecule has 15 heavy (non-hydrogen) atoms. The van der Waals surface area contributed by atoms with Crippen molar-refractivity contribution in [1.82, 2.24) is 0 Å². The summed E-state index contributed by atoms with van der Waals surface area (Å²) in [5.41, 5.74) is 0. The van der Waals surface area contributed by atoms with Crippen molar-refractivity contribution in [3.05, 3.63) is 36.5 Å². The van der Waals surface area contributed by atoms with E-state index in [4.69, 9.17) is 0 Å². The third-order valence-electron chi connectivity index (χ3n) is 1.94. The van der Waals surface area contributed by atoms with Crippen LogP contribution in [-0.2, 0) is 4.79 Å². The normalized spacial score (nSPS) is 12.1. The van der Waals surface area contributed by atoms with Crippen LogP contribution in [0.4, 0.5) is 0 Å². The molecule has 0 heterocycles. The van der Waals surface area contributed by atoms with Crippen LogP contribution < -0.4 is 0 Å². The van der Waals surface area contributed by atoms with Crippen molar-refractivity contribution >= 4 is 5.78 Å². The zero-order valence-corrected chi connectivity index (χ0v) is 9.91. The van der Waals surface area contributed by atoms with Crippen LogP contribution in [0.2, 0.25) is 0 Å². The van der Waals surface area contributed by atoms with E-state index < -0.39 is 0 Å². The maximum absolute atomic E-state index is 10.6. The number of carbonyl (C=O) groups is 1. The van der Waals surface area contributed by atoms with Crippen LogP contribution >= 0.6 is 0 Å². The summed E-state index contributed by atoms with van der Waals surface area (Å²) >= 11 is 0. The van der Waals surface area contributed by atoms with Gasteiger partial charge in [0, 0.05) is 6.42 Å². The Morgan fingerprint density at radius 3 is 2.00 bits per heavy atom. The Bertz CT molecular complexity index is 234. The molecule has 0 unspecified atom stereocenters. The number of Topliss-reactive ketones (excluding diaryl/α,β-unsaturated/α-hetero) is 1. The lowest BCUT2D eigenvalue weighted by atomic mass is 10.2. The maximum Gasteiger partial charge on any atom is 0.130 e. The maximum atomic E-state index is 10.6. The lowest BCUT2D eigenvalue weighted by Crippen LogP contribution is -1.85. The molecule has 0 spiro atoms. The van der Waals surface area contributed by atoms with Crippen LogP contribution in [0.3, 0.4) is 0 Å². The predicted molar refractivity (Wildman–Crippen MR) is 66.9 cm³/mol. The summed E-state index contributed by atoms with van der Waals surface area (Å²) in [5.74, 6) is 0.264. The van der Waals surface area contributed by atoms with Gasteiger partial charge < -0.3 is 4.79 Å². The van der Waals surface area contributed by atoms with Crippen molar-refractivity contribution < 1.29 is 4.79 Å². The van der Waals surface area contributed by atoms with E-state index in [9.17, 15) is 4.79 Å². The van der Waals surface area contributed by atoms with Gasteiger partial charge in [-0.3, -0.25) is 0 Å². The number of rotatable bonds is 8. The topological polar surface area (TPSA) is 17.1 Å². The monoisotopic (exact) mass is 206 g/mol. The molecule has 0 fully saturated rings. The molecule has 0 aliphatic rings. The minimum atomic E-state index is 0.264. The molecule has 0 atom stereocenters. The largest absolute Gasteiger partial charge is 0.300 e. The van der Waals surface area contributed by atoms with Gasteiger partial charge in [0.15, 0.2) is 0 Å². The van der Waals surface area contributed by atoms with Gasteiger partial charge in [-0.2, -0.15) is 0 Å². The van der Waals surface area contributed by atoms with Gasteiger partial charge in [-0.25, -0.2) is 0 Å². The molecule has 0 aliphatic carbocycles. The van der Waals surface area contributed by atoms with E-state index in [0.717, 1.165) is 25.7 Å². The van der Waals surface area contributed by atoms with Gasteiger partial charge in [0.1, 0.15) is 5.78 Å². The van der Waals surface area contributed by atoms with Crippen LogP contribution in [0.1, 0.15) is 46.0 Å². The van der Waals surface area contributed by atoms with Gasteiger partial charge in [-0.05, 0) is 32.6 Å². The lowest BCUT2D eigenvalue weighted by molar-refractivity contribution is -0.116. The van der Waals surface area contributed by atoms with Gasteiger partial charge in [0.25, 0.3) is 0 Å². The van der Waals surface area contributed by atoms with E-state index in [-0.39, 0.29) is 5.78 Å². The Morgan fingerprint density at radius 1 is 0.933 bits per heavy atom. The first-order chi connectivity index (χ1) is 7.27. The fraction of sp³-hybridized carbons (Fsp3) is 0.500. The number of ketones is 1. The second-order valence-corrected chi connectivity index (χ2v) is 3.53. The number of hydrogen-bond donors (Lipinski definition) is 0. The van der Waals surface area contributed by atoms with Crippen LogP contribution in [-0.4, -0.2) is 5.78 Å². The molecule has 0 bridgehead atoms. The van der Waals surface area contributed by atoms with Crippen molar-refractivity contribution in [2.24, 2.45) is 0 Å². The highest BCUT2D eigenvalue weighted by molar-refractivity contribution is 5.75. The Labute approximate surface area is 93.6 Å². The summed E-state index contributed by atoms with van der Waals surface area (Å²) in [5, 5.41) is 0. The Kier molecular flexibility index (Phi) is 10.2. The molecule has 0 saturated heterocycles. The smallest absolute Gasteiger partial charge is 0.130 e. The van der Waals surface area contributed by atoms with E-state index >= 15 is 0 Å². The first kappa shape index (κ1) is 13.9. The molecule has 1 heteroatoms. The van der Waals surface area contributed by atoms with Gasteiger partial charge in [-0.1, -0.05) is 43.4 Å². The van der Waals surface area contributed by atoms with E-state index in [1.807, 2.05) is 0 Å². The van der Waals surface area contributed by atoms with E-state index in [1.165, 1.54) is 0 Å². The predicted octanol–water partition coefficient (Wildman–Crippen LogP) is 4.21. The number of carbonyl (C=O) groups excluding carboxylic acids is 1. The zero-order chi connectivity index (χ0) is 11.4. The molecule has 0 rings (SSSR count). The molecule has 0 aromatic rings. The molecule has 1 nitrogen and oxygen atoms in total. The summed E-state index contributed by atoms with van der Waals surface area (Å²) in [4.78, 5) is 10.6. The summed E-state index contributed by atoms with van der Waals surface area (Å²) in [6.45, 7) is 3.77. The van der Waals surface area contributed by atoms with Gasteiger partial charge in [-0.15, -0.1) is 0 Å². The molecule has 0 aromatic heterocycles. The molecular weight excluding hydrogens is 184 g/mol. The van der Waals surface area contributed by atoms with Crippen LogP contribution in [0, 0.1) is 0 Å². The lowest BCUT2D eigenvalue weighted by Gasteiger charge is -1.87. The average Bonchev–Trinajstić information content (AvgIpc) is 2.20. The average molecular weight is 206 g/mol. The summed E-state index contributed by atoms with van der Waals surface area (Å²) in [6.07, 6.45) is 17.5. The van der Waals surface area contributed by atoms with Crippen molar-refractivity contribution in [2.75, 3.05) is 0 Å². The van der Waals surface area contributed by atoms with E-state index in [1.54, 1.807) is 6.92 Å². The molecule has 0 aliphatic heterocycles. The Morgan fingerprint density at radius 2 is 1.47 bits per heavy atom. The van der Waals surface area contributed by atoms with E-state index in [2.05, 4.69) is 43.4 Å². The first-order valence-electron chi connectivity index (χ1n) is 5.71. The highest BCUT2D eigenvalue weighted by atomic mass is 16.1. The summed E-state index contributed by atoms with van der Waals surface area (Å²) < 4.78 is 0. The van der Waals surface area contributed by atoms with Crippen LogP contribution in [0.15, 0.2) is 36.5 Å². The molecule has 0 aromatic carbocycles. The molecule has 0 radical (unpaired) electrons. The molecule has 84 valence electrons. The molecule has 0 N–H and O–H groups in total. The molecule has 0 amide bonds. The SMILES string of the molecule is CC/C=C\C/C=C/C/C=C/CCC(C)=O. The second kappa shape index (κ2) is 11.0. The zero-order valence-electron chi connectivity index (χ0n) is 9.91. The third-order valence-corrected chi connectivity index (χ3v) is 1.94. The van der Waals surface area contributed by atoms with Crippen LogP contribution in [0.5, 0.6) is 0 Å². The van der Waals surface area contributed by atoms with Gasteiger partial charge in [0.2, 0.25) is 0 Å².